The van der Waals surface area contributed by atoms with Crippen molar-refractivity contribution in [3.05, 3.63) is 72.3 Å². The van der Waals surface area contributed by atoms with Crippen molar-refractivity contribution >= 4 is 17.1 Å². The normalized spacial score (nSPS) is 10.7. The van der Waals surface area contributed by atoms with Gasteiger partial charge in [-0.1, -0.05) is 17.7 Å². The summed E-state index contributed by atoms with van der Waals surface area (Å²) in [7, 11) is 0. The molecule has 1 amide bonds. The highest BCUT2D eigenvalue weighted by Gasteiger charge is 2.08. The summed E-state index contributed by atoms with van der Waals surface area (Å²) in [5.41, 5.74) is 8.66. The molecular weight excluding hydrogens is 342 g/mol. The molecule has 0 aliphatic heterocycles. The van der Waals surface area contributed by atoms with Gasteiger partial charge in [0.05, 0.1) is 11.0 Å². The first-order valence-corrected chi connectivity index (χ1v) is 8.39. The number of nitrogens with one attached hydrogen (secondary N) is 1. The van der Waals surface area contributed by atoms with E-state index in [0.29, 0.717) is 17.1 Å². The van der Waals surface area contributed by atoms with Gasteiger partial charge in [-0.25, -0.2) is 9.78 Å². The molecule has 0 aliphatic rings. The van der Waals surface area contributed by atoms with Crippen LogP contribution < -0.4 is 15.2 Å². The average molecular weight is 359 g/mol. The van der Waals surface area contributed by atoms with Crippen molar-refractivity contribution in [1.29, 1.82) is 0 Å². The predicted molar refractivity (Wildman–Crippen MR) is 103 cm³/mol. The van der Waals surface area contributed by atoms with Gasteiger partial charge in [0.15, 0.2) is 0 Å². The van der Waals surface area contributed by atoms with E-state index in [1.54, 1.807) is 18.2 Å². The molecule has 0 bridgehead atoms. The molecule has 6 heteroatoms. The number of imidazole rings is 1. The van der Waals surface area contributed by atoms with E-state index in [0.717, 1.165) is 22.6 Å². The van der Waals surface area contributed by atoms with Gasteiger partial charge in [-0.05, 0) is 55.5 Å². The lowest BCUT2D eigenvalue weighted by atomic mass is 10.2. The van der Waals surface area contributed by atoms with Crippen LogP contribution in [0.3, 0.4) is 0 Å². The van der Waals surface area contributed by atoms with Crippen LogP contribution in [0, 0.1) is 6.92 Å². The van der Waals surface area contributed by atoms with Crippen molar-refractivity contribution in [3.8, 4) is 28.6 Å². The molecule has 4 aromatic rings. The Bertz CT molecular complexity index is 1100. The molecule has 0 aliphatic carbocycles. The van der Waals surface area contributed by atoms with Gasteiger partial charge < -0.3 is 20.2 Å². The summed E-state index contributed by atoms with van der Waals surface area (Å²) in [6, 6.07) is 20.7. The zero-order valence-corrected chi connectivity index (χ0v) is 14.6. The van der Waals surface area contributed by atoms with Crippen LogP contribution >= 0.6 is 0 Å². The van der Waals surface area contributed by atoms with Gasteiger partial charge in [0.25, 0.3) is 0 Å². The molecule has 0 saturated carbocycles. The number of rotatable bonds is 4. The maximum absolute atomic E-state index is 10.9. The second kappa shape index (κ2) is 6.84. The molecule has 0 saturated heterocycles. The molecule has 0 fully saturated rings. The Morgan fingerprint density at radius 3 is 2.22 bits per heavy atom. The van der Waals surface area contributed by atoms with Gasteiger partial charge in [0.2, 0.25) is 0 Å². The van der Waals surface area contributed by atoms with Crippen LogP contribution in [-0.2, 0) is 0 Å². The van der Waals surface area contributed by atoms with Crippen LogP contribution in [0.1, 0.15) is 5.56 Å². The quantitative estimate of drug-likeness (QED) is 0.548. The molecule has 3 N–H and O–H groups in total. The summed E-state index contributed by atoms with van der Waals surface area (Å²) in [5.74, 6) is 2.60. The largest absolute Gasteiger partial charge is 0.457 e. The van der Waals surface area contributed by atoms with Crippen LogP contribution in [0.25, 0.3) is 22.4 Å². The maximum atomic E-state index is 10.9. The van der Waals surface area contributed by atoms with Crippen LogP contribution in [0.2, 0.25) is 0 Å². The second-order valence-corrected chi connectivity index (χ2v) is 6.12. The highest BCUT2D eigenvalue weighted by Crippen LogP contribution is 2.27. The number of benzene rings is 3. The summed E-state index contributed by atoms with van der Waals surface area (Å²) in [5, 5.41) is 0. The summed E-state index contributed by atoms with van der Waals surface area (Å²) in [6.45, 7) is 2.04. The van der Waals surface area contributed by atoms with Gasteiger partial charge in [-0.2, -0.15) is 0 Å². The lowest BCUT2D eigenvalue weighted by Gasteiger charge is -2.06. The molecule has 4 rings (SSSR count). The minimum atomic E-state index is -0.853. The molecule has 134 valence electrons. The van der Waals surface area contributed by atoms with Gasteiger partial charge in [-0.3, -0.25) is 0 Å². The van der Waals surface area contributed by atoms with E-state index in [9.17, 15) is 4.79 Å². The molecule has 0 spiro atoms. The number of ether oxygens (including phenoxy) is 2. The van der Waals surface area contributed by atoms with Gasteiger partial charge in [0.1, 0.15) is 23.1 Å². The second-order valence-electron chi connectivity index (χ2n) is 6.12. The number of fused-ring (bicyclic) bond motifs is 1. The molecule has 1 heterocycles. The highest BCUT2D eigenvalue weighted by atomic mass is 16.5. The number of carbonyl (C=O) groups is 1. The molecule has 1 aromatic heterocycles. The topological polar surface area (TPSA) is 90.2 Å². The lowest BCUT2D eigenvalue weighted by molar-refractivity contribution is 0.211. The van der Waals surface area contributed by atoms with Crippen LogP contribution in [0.4, 0.5) is 4.79 Å². The van der Waals surface area contributed by atoms with E-state index in [2.05, 4.69) is 9.97 Å². The number of hydrogen-bond donors (Lipinski definition) is 2. The van der Waals surface area contributed by atoms with Gasteiger partial charge in [0, 0.05) is 11.6 Å². The molecular formula is C21H17N3O3. The van der Waals surface area contributed by atoms with Gasteiger partial charge >= 0.3 is 6.09 Å². The Morgan fingerprint density at radius 2 is 1.56 bits per heavy atom. The number of hydrogen-bond acceptors (Lipinski definition) is 4. The van der Waals surface area contributed by atoms with E-state index < -0.39 is 6.09 Å². The number of carbonyl (C=O) groups excluding carboxylic acids is 1. The Kier molecular flexibility index (Phi) is 4.22. The first kappa shape index (κ1) is 16.7. The number of aromatic amines is 1. The third kappa shape index (κ3) is 3.74. The van der Waals surface area contributed by atoms with Crippen molar-refractivity contribution in [2.75, 3.05) is 0 Å². The molecule has 27 heavy (non-hydrogen) atoms. The third-order valence-corrected chi connectivity index (χ3v) is 4.06. The van der Waals surface area contributed by atoms with E-state index in [4.69, 9.17) is 15.2 Å². The number of nitrogens with zero attached hydrogens (tertiary/aromatic N) is 1. The van der Waals surface area contributed by atoms with E-state index in [1.165, 1.54) is 5.56 Å². The van der Waals surface area contributed by atoms with Crippen LogP contribution in [-0.4, -0.2) is 16.1 Å². The zero-order valence-electron chi connectivity index (χ0n) is 14.6. The van der Waals surface area contributed by atoms with E-state index >= 15 is 0 Å². The monoisotopic (exact) mass is 359 g/mol. The number of amides is 1. The fourth-order valence-electron chi connectivity index (χ4n) is 2.73. The van der Waals surface area contributed by atoms with E-state index in [1.807, 2.05) is 55.5 Å². The summed E-state index contributed by atoms with van der Waals surface area (Å²) in [4.78, 5) is 18.7. The standard InChI is InChI=1S/C21H17N3O3/c1-13-2-6-15(7-3-13)26-16-8-4-14(5-9-16)20-23-18-11-10-17(27-21(22)25)12-19(18)24-20/h2-12H,1H3,(H2,22,25)(H,23,24). The van der Waals surface area contributed by atoms with Crippen LogP contribution in [0.5, 0.6) is 17.2 Å². The minimum absolute atomic E-state index is 0.356. The number of H-pyrrole nitrogens is 1. The third-order valence-electron chi connectivity index (χ3n) is 4.06. The number of aromatic nitrogens is 2. The lowest BCUT2D eigenvalue weighted by Crippen LogP contribution is -2.16. The SMILES string of the molecule is Cc1ccc(Oc2ccc(-c3nc4cc(OC(N)=O)ccc4[nH]3)cc2)cc1. The fraction of sp³-hybridized carbons (Fsp3) is 0.0476. The molecule has 0 unspecified atom stereocenters. The van der Waals surface area contributed by atoms with Crippen molar-refractivity contribution in [2.24, 2.45) is 5.73 Å². The van der Waals surface area contributed by atoms with Crippen LogP contribution in [0.15, 0.2) is 66.7 Å². The Balaban J connectivity index is 1.56. The Morgan fingerprint density at radius 1 is 0.926 bits per heavy atom. The van der Waals surface area contributed by atoms with Crippen molar-refractivity contribution in [1.82, 2.24) is 9.97 Å². The number of aryl methyl sites for hydroxylation is 1. The van der Waals surface area contributed by atoms with Crippen molar-refractivity contribution < 1.29 is 14.3 Å². The summed E-state index contributed by atoms with van der Waals surface area (Å²) in [6.07, 6.45) is -0.853. The minimum Gasteiger partial charge on any atom is -0.457 e. The smallest absolute Gasteiger partial charge is 0.409 e. The number of nitrogens with two attached hydrogens (primary N) is 1. The first-order chi connectivity index (χ1) is 13.1. The molecule has 0 radical (unpaired) electrons. The van der Waals surface area contributed by atoms with E-state index in [-0.39, 0.29) is 0 Å². The highest BCUT2D eigenvalue weighted by molar-refractivity contribution is 5.81. The maximum Gasteiger partial charge on any atom is 0.409 e. The molecule has 0 atom stereocenters. The molecule has 6 nitrogen and oxygen atoms in total. The summed E-state index contributed by atoms with van der Waals surface area (Å²) < 4.78 is 10.7. The van der Waals surface area contributed by atoms with Crippen molar-refractivity contribution in [2.45, 2.75) is 6.92 Å². The first-order valence-electron chi connectivity index (χ1n) is 8.39. The summed E-state index contributed by atoms with van der Waals surface area (Å²) >= 11 is 0. The van der Waals surface area contributed by atoms with Crippen molar-refractivity contribution in [3.63, 3.8) is 0 Å². The number of primary amides is 1. The average Bonchev–Trinajstić information content (AvgIpc) is 3.07. The Labute approximate surface area is 155 Å². The Hall–Kier alpha value is -3.80. The zero-order chi connectivity index (χ0) is 18.8. The predicted octanol–water partition coefficient (Wildman–Crippen LogP) is 4.79. The fourth-order valence-corrected chi connectivity index (χ4v) is 2.73. The molecule has 3 aromatic carbocycles. The van der Waals surface area contributed by atoms with Gasteiger partial charge in [-0.15, -0.1) is 0 Å².